The van der Waals surface area contributed by atoms with Crippen LogP contribution in [0, 0.1) is 0 Å². The van der Waals surface area contributed by atoms with Gasteiger partial charge < -0.3 is 9.72 Å². The Kier molecular flexibility index (Phi) is 5.44. The first-order valence-electron chi connectivity index (χ1n) is 9.48. The first-order valence-corrected chi connectivity index (χ1v) is 9.48. The van der Waals surface area contributed by atoms with E-state index in [1.165, 1.54) is 10.6 Å². The number of carbonyl (C=O) groups excluding carboxylic acids is 1. The van der Waals surface area contributed by atoms with Crippen LogP contribution in [0.1, 0.15) is 15.9 Å². The summed E-state index contributed by atoms with van der Waals surface area (Å²) in [5.41, 5.74) is 3.41. The highest BCUT2D eigenvalue weighted by Gasteiger charge is 2.09. The quantitative estimate of drug-likeness (QED) is 0.378. The maximum absolute atomic E-state index is 12.6. The lowest BCUT2D eigenvalue weighted by Gasteiger charge is -2.03. The molecule has 0 bridgehead atoms. The molecule has 0 atom stereocenters. The van der Waals surface area contributed by atoms with Crippen molar-refractivity contribution in [2.45, 2.75) is 0 Å². The van der Waals surface area contributed by atoms with Crippen molar-refractivity contribution in [1.82, 2.24) is 9.55 Å². The smallest absolute Gasteiger partial charge is 0.330 e. The third-order valence-corrected chi connectivity index (χ3v) is 4.76. The van der Waals surface area contributed by atoms with Gasteiger partial charge in [-0.05, 0) is 41.5 Å². The summed E-state index contributed by atoms with van der Waals surface area (Å²) < 4.78 is 6.64. The van der Waals surface area contributed by atoms with Crippen LogP contribution in [0.5, 0.6) is 5.75 Å². The Bertz CT molecular complexity index is 1250. The number of benzene rings is 3. The van der Waals surface area contributed by atoms with E-state index in [1.54, 1.807) is 43.6 Å². The van der Waals surface area contributed by atoms with Gasteiger partial charge in [0.05, 0.1) is 18.5 Å². The average Bonchev–Trinajstić information content (AvgIpc) is 3.20. The van der Waals surface area contributed by atoms with Crippen LogP contribution >= 0.6 is 0 Å². The molecule has 5 heteroatoms. The van der Waals surface area contributed by atoms with Crippen molar-refractivity contribution in [3.05, 3.63) is 113 Å². The highest BCUT2D eigenvalue weighted by atomic mass is 16.5. The largest absolute Gasteiger partial charge is 0.497 e. The summed E-state index contributed by atoms with van der Waals surface area (Å²) >= 11 is 0. The molecule has 0 unspecified atom stereocenters. The Hall–Kier alpha value is -4.12. The molecule has 3 aromatic carbocycles. The van der Waals surface area contributed by atoms with E-state index in [9.17, 15) is 9.59 Å². The Balaban J connectivity index is 1.58. The standard InChI is InChI=1S/C25H20N2O3/c1-30-22-13-10-18(11-14-22)12-15-24(28)20-8-5-9-21(16-20)27-17-23(26-25(27)29)19-6-3-2-4-7-19/h2-17H,1H3,(H,26,29). The summed E-state index contributed by atoms with van der Waals surface area (Å²) in [5.74, 6) is 0.623. The predicted octanol–water partition coefficient (Wildman–Crippen LogP) is 4.74. The maximum Gasteiger partial charge on any atom is 0.330 e. The number of rotatable bonds is 6. The van der Waals surface area contributed by atoms with E-state index in [0.717, 1.165) is 22.6 Å². The van der Waals surface area contributed by atoms with E-state index in [4.69, 9.17) is 4.74 Å². The molecule has 1 heterocycles. The molecule has 0 amide bonds. The van der Waals surface area contributed by atoms with Crippen molar-refractivity contribution in [2.75, 3.05) is 7.11 Å². The fourth-order valence-corrected chi connectivity index (χ4v) is 3.14. The first-order chi connectivity index (χ1) is 14.6. The number of nitrogens with zero attached hydrogens (tertiary/aromatic N) is 1. The lowest BCUT2D eigenvalue weighted by atomic mass is 10.1. The van der Waals surface area contributed by atoms with E-state index in [-0.39, 0.29) is 11.5 Å². The number of imidazole rings is 1. The van der Waals surface area contributed by atoms with E-state index < -0.39 is 0 Å². The number of allylic oxidation sites excluding steroid dienone is 1. The van der Waals surface area contributed by atoms with Crippen LogP contribution in [-0.2, 0) is 0 Å². The van der Waals surface area contributed by atoms with Crippen LogP contribution in [0.2, 0.25) is 0 Å². The molecule has 0 spiro atoms. The summed E-state index contributed by atoms with van der Waals surface area (Å²) in [6.45, 7) is 0. The van der Waals surface area contributed by atoms with Gasteiger partial charge >= 0.3 is 5.69 Å². The summed E-state index contributed by atoms with van der Waals surface area (Å²) in [4.78, 5) is 27.9. The fourth-order valence-electron chi connectivity index (χ4n) is 3.14. The first kappa shape index (κ1) is 19.2. The van der Waals surface area contributed by atoms with Crippen molar-refractivity contribution in [2.24, 2.45) is 0 Å². The predicted molar refractivity (Wildman–Crippen MR) is 118 cm³/mol. The number of aromatic nitrogens is 2. The number of nitrogens with one attached hydrogen (secondary N) is 1. The van der Waals surface area contributed by atoms with Gasteiger partial charge in [0, 0.05) is 11.8 Å². The number of methoxy groups -OCH3 is 1. The minimum atomic E-state index is -0.257. The van der Waals surface area contributed by atoms with E-state index >= 15 is 0 Å². The fraction of sp³-hybridized carbons (Fsp3) is 0.0400. The van der Waals surface area contributed by atoms with Gasteiger partial charge in [-0.2, -0.15) is 0 Å². The van der Waals surface area contributed by atoms with Crippen molar-refractivity contribution in [3.63, 3.8) is 0 Å². The lowest BCUT2D eigenvalue weighted by Crippen LogP contribution is -2.14. The van der Waals surface area contributed by atoms with Crippen LogP contribution in [0.25, 0.3) is 23.0 Å². The Morgan fingerprint density at radius 2 is 1.73 bits per heavy atom. The monoisotopic (exact) mass is 396 g/mol. The number of hydrogen-bond acceptors (Lipinski definition) is 3. The van der Waals surface area contributed by atoms with Crippen molar-refractivity contribution in [1.29, 1.82) is 0 Å². The van der Waals surface area contributed by atoms with Crippen molar-refractivity contribution < 1.29 is 9.53 Å². The third-order valence-electron chi connectivity index (χ3n) is 4.76. The van der Waals surface area contributed by atoms with Crippen LogP contribution in [0.4, 0.5) is 0 Å². The van der Waals surface area contributed by atoms with Crippen LogP contribution in [0.15, 0.2) is 95.9 Å². The number of H-pyrrole nitrogens is 1. The Labute approximate surface area is 173 Å². The van der Waals surface area contributed by atoms with Gasteiger partial charge in [-0.3, -0.25) is 9.36 Å². The van der Waals surface area contributed by atoms with Gasteiger partial charge in [0.2, 0.25) is 0 Å². The molecule has 5 nitrogen and oxygen atoms in total. The van der Waals surface area contributed by atoms with Crippen LogP contribution < -0.4 is 10.4 Å². The number of ether oxygens (including phenoxy) is 1. The second kappa shape index (κ2) is 8.49. The molecule has 1 N–H and O–H groups in total. The minimum absolute atomic E-state index is 0.139. The van der Waals surface area contributed by atoms with E-state index in [1.807, 2.05) is 54.6 Å². The molecule has 0 radical (unpaired) electrons. The molecule has 0 saturated heterocycles. The van der Waals surface area contributed by atoms with E-state index in [2.05, 4.69) is 4.98 Å². The van der Waals surface area contributed by atoms with Gasteiger partial charge in [0.25, 0.3) is 0 Å². The number of hydrogen-bond donors (Lipinski definition) is 1. The van der Waals surface area contributed by atoms with Gasteiger partial charge in [0.1, 0.15) is 5.75 Å². The normalized spacial score (nSPS) is 11.0. The molecular weight excluding hydrogens is 376 g/mol. The molecule has 4 aromatic rings. The molecule has 4 rings (SSSR count). The van der Waals surface area contributed by atoms with Crippen molar-refractivity contribution >= 4 is 11.9 Å². The molecule has 0 fully saturated rings. The Morgan fingerprint density at radius 1 is 0.967 bits per heavy atom. The Morgan fingerprint density at radius 3 is 2.47 bits per heavy atom. The number of ketones is 1. The summed E-state index contributed by atoms with van der Waals surface area (Å²) in [6.07, 6.45) is 5.02. The summed E-state index contributed by atoms with van der Waals surface area (Å²) in [6, 6.07) is 24.1. The highest BCUT2D eigenvalue weighted by molar-refractivity contribution is 6.07. The molecule has 1 aromatic heterocycles. The SMILES string of the molecule is COc1ccc(C=CC(=O)c2cccc(-n3cc(-c4ccccc4)[nH]c3=O)c2)cc1. The number of carbonyl (C=O) groups is 1. The van der Waals surface area contributed by atoms with Crippen LogP contribution in [0.3, 0.4) is 0 Å². The maximum atomic E-state index is 12.6. The minimum Gasteiger partial charge on any atom is -0.497 e. The molecule has 0 aliphatic heterocycles. The molecule has 148 valence electrons. The second-order valence-corrected chi connectivity index (χ2v) is 6.73. The van der Waals surface area contributed by atoms with Gasteiger partial charge in [-0.25, -0.2) is 4.79 Å². The van der Waals surface area contributed by atoms with Gasteiger partial charge in [-0.1, -0.05) is 60.7 Å². The molecule has 0 saturated carbocycles. The van der Waals surface area contributed by atoms with Crippen LogP contribution in [-0.4, -0.2) is 22.4 Å². The van der Waals surface area contributed by atoms with Gasteiger partial charge in [0.15, 0.2) is 5.78 Å². The second-order valence-electron chi connectivity index (χ2n) is 6.73. The summed E-state index contributed by atoms with van der Waals surface area (Å²) in [5, 5.41) is 0. The molecular formula is C25H20N2O3. The zero-order chi connectivity index (χ0) is 20.9. The third kappa shape index (κ3) is 4.15. The van der Waals surface area contributed by atoms with E-state index in [0.29, 0.717) is 11.3 Å². The molecule has 0 aliphatic rings. The summed E-state index contributed by atoms with van der Waals surface area (Å²) in [7, 11) is 1.61. The lowest BCUT2D eigenvalue weighted by molar-refractivity contribution is 0.104. The topological polar surface area (TPSA) is 64.1 Å². The van der Waals surface area contributed by atoms with Gasteiger partial charge in [-0.15, -0.1) is 0 Å². The molecule has 30 heavy (non-hydrogen) atoms. The zero-order valence-electron chi connectivity index (χ0n) is 16.4. The highest BCUT2D eigenvalue weighted by Crippen LogP contribution is 2.18. The zero-order valence-corrected chi connectivity index (χ0v) is 16.4. The molecule has 0 aliphatic carbocycles. The number of aromatic amines is 1. The average molecular weight is 396 g/mol. The van der Waals surface area contributed by atoms with Crippen molar-refractivity contribution in [3.8, 4) is 22.7 Å².